The first kappa shape index (κ1) is 37.1. The Hall–Kier alpha value is -7.88. The summed E-state index contributed by atoms with van der Waals surface area (Å²) >= 11 is 0. The molecular formula is C59H43N3. The number of aromatic nitrogens is 2. The maximum absolute atomic E-state index is 5.26. The Labute approximate surface area is 363 Å². The molecule has 3 nitrogen and oxygen atoms in total. The van der Waals surface area contributed by atoms with Gasteiger partial charge in [0.15, 0.2) is 5.82 Å². The number of fused-ring (bicyclic) bond motifs is 3. The van der Waals surface area contributed by atoms with Crippen molar-refractivity contribution in [2.45, 2.75) is 18.9 Å². The lowest BCUT2D eigenvalue weighted by Crippen LogP contribution is -2.25. The maximum Gasteiger partial charge on any atom is 0.160 e. The predicted octanol–water partition coefficient (Wildman–Crippen LogP) is 15.1. The minimum atomic E-state index is 0.151. The molecule has 62 heavy (non-hydrogen) atoms. The summed E-state index contributed by atoms with van der Waals surface area (Å²) in [6, 6.07) is 71.5. The third-order valence-corrected chi connectivity index (χ3v) is 12.2. The quantitative estimate of drug-likeness (QED) is 0.166. The van der Waals surface area contributed by atoms with Gasteiger partial charge in [0.25, 0.3) is 0 Å². The molecule has 3 heteroatoms. The van der Waals surface area contributed by atoms with E-state index in [0.29, 0.717) is 5.82 Å². The molecular weight excluding hydrogens is 751 g/mol. The van der Waals surface area contributed by atoms with E-state index < -0.39 is 0 Å². The second-order valence-electron chi connectivity index (χ2n) is 16.1. The van der Waals surface area contributed by atoms with Crippen LogP contribution in [0.2, 0.25) is 0 Å². The van der Waals surface area contributed by atoms with E-state index in [1.807, 2.05) is 0 Å². The van der Waals surface area contributed by atoms with E-state index in [1.54, 1.807) is 0 Å². The lowest BCUT2D eigenvalue weighted by Gasteiger charge is -2.30. The zero-order chi connectivity index (χ0) is 41.2. The molecule has 2 heterocycles. The molecule has 1 aliphatic heterocycles. The lowest BCUT2D eigenvalue weighted by molar-refractivity contribution is 0.864. The fraction of sp³-hybridized carbons (Fsp3) is 0.0508. The van der Waals surface area contributed by atoms with Gasteiger partial charge < -0.3 is 5.32 Å². The zero-order valence-electron chi connectivity index (χ0n) is 34.2. The Morgan fingerprint density at radius 2 is 1.00 bits per heavy atom. The highest BCUT2D eigenvalue weighted by Gasteiger charge is 2.25. The van der Waals surface area contributed by atoms with Crippen molar-refractivity contribution in [1.29, 1.82) is 0 Å². The second kappa shape index (κ2) is 16.3. The number of rotatable bonds is 8. The Kier molecular flexibility index (Phi) is 9.76. The van der Waals surface area contributed by atoms with Crippen LogP contribution in [-0.2, 0) is 0 Å². The van der Waals surface area contributed by atoms with E-state index in [9.17, 15) is 0 Å². The van der Waals surface area contributed by atoms with Crippen LogP contribution in [0.4, 0.5) is 5.69 Å². The molecule has 294 valence electrons. The highest BCUT2D eigenvalue weighted by molar-refractivity contribution is 6.09. The minimum Gasteiger partial charge on any atom is -0.375 e. The molecule has 0 amide bonds. The summed E-state index contributed by atoms with van der Waals surface area (Å²) < 4.78 is 0. The number of hydrogen-bond donors (Lipinski definition) is 1. The van der Waals surface area contributed by atoms with Crippen LogP contribution in [0.1, 0.15) is 24.0 Å². The molecule has 11 rings (SSSR count). The van der Waals surface area contributed by atoms with Crippen LogP contribution in [0.25, 0.3) is 83.6 Å². The van der Waals surface area contributed by atoms with Crippen LogP contribution in [-0.4, -0.2) is 16.0 Å². The monoisotopic (exact) mass is 793 g/mol. The molecule has 2 aliphatic rings. The normalized spacial score (nSPS) is 14.4. The van der Waals surface area contributed by atoms with E-state index in [2.05, 4.69) is 230 Å². The van der Waals surface area contributed by atoms with Gasteiger partial charge in [-0.1, -0.05) is 194 Å². The molecule has 1 N–H and O–H groups in total. The fourth-order valence-corrected chi connectivity index (χ4v) is 9.07. The van der Waals surface area contributed by atoms with E-state index in [4.69, 9.17) is 9.97 Å². The first-order valence-electron chi connectivity index (χ1n) is 21.5. The standard InChI is InChI=1S/C59H43N3/c1-5-16-40(17-6-1)46-24-13-26-48(36-46)56-39-57(49-27-14-25-47(37-49)41-18-7-2-8-19-41)62-59(61-56)45-32-30-43(31-33-45)50-28-15-29-52-51(50)34-35-54-58(52)53(42-20-9-3-10-21-42)38-55(60-54)44-22-11-4-12-23-44/h1-11,13-22,24-39,55,60H,12,23H2. The summed E-state index contributed by atoms with van der Waals surface area (Å²) in [5.74, 6) is 0.688. The van der Waals surface area contributed by atoms with Gasteiger partial charge in [0.2, 0.25) is 0 Å². The molecule has 0 saturated heterocycles. The number of nitrogens with zero attached hydrogens (tertiary/aromatic N) is 2. The van der Waals surface area contributed by atoms with Gasteiger partial charge in [-0.25, -0.2) is 9.97 Å². The van der Waals surface area contributed by atoms with Crippen LogP contribution in [0.15, 0.2) is 230 Å². The van der Waals surface area contributed by atoms with Gasteiger partial charge in [-0.15, -0.1) is 0 Å². The van der Waals surface area contributed by atoms with Crippen molar-refractivity contribution in [3.05, 3.63) is 241 Å². The number of allylic oxidation sites excluding steroid dienone is 3. The van der Waals surface area contributed by atoms with E-state index in [-0.39, 0.29) is 6.04 Å². The summed E-state index contributed by atoms with van der Waals surface area (Å²) in [5, 5.41) is 6.36. The smallest absolute Gasteiger partial charge is 0.160 e. The van der Waals surface area contributed by atoms with Crippen molar-refractivity contribution in [2.24, 2.45) is 0 Å². The second-order valence-corrected chi connectivity index (χ2v) is 16.1. The molecule has 0 fully saturated rings. The van der Waals surface area contributed by atoms with E-state index in [0.717, 1.165) is 57.6 Å². The first-order chi connectivity index (χ1) is 30.7. The van der Waals surface area contributed by atoms with Crippen LogP contribution >= 0.6 is 0 Å². The third-order valence-electron chi connectivity index (χ3n) is 12.2. The number of nitrogens with one attached hydrogen (secondary N) is 1. The average Bonchev–Trinajstić information content (AvgIpc) is 3.37. The van der Waals surface area contributed by atoms with Gasteiger partial charge in [-0.2, -0.15) is 0 Å². The van der Waals surface area contributed by atoms with Crippen LogP contribution in [0.3, 0.4) is 0 Å². The molecule has 8 aromatic carbocycles. The van der Waals surface area contributed by atoms with Gasteiger partial charge in [-0.3, -0.25) is 0 Å². The molecule has 1 unspecified atom stereocenters. The molecule has 0 spiro atoms. The van der Waals surface area contributed by atoms with Crippen LogP contribution in [0, 0.1) is 0 Å². The molecule has 0 radical (unpaired) electrons. The zero-order valence-corrected chi connectivity index (χ0v) is 34.2. The van der Waals surface area contributed by atoms with Crippen molar-refractivity contribution in [3.8, 4) is 67.3 Å². The van der Waals surface area contributed by atoms with Gasteiger partial charge in [0.05, 0.1) is 17.4 Å². The largest absolute Gasteiger partial charge is 0.375 e. The highest BCUT2D eigenvalue weighted by Crippen LogP contribution is 2.43. The number of anilines is 1. The summed E-state index contributed by atoms with van der Waals surface area (Å²) in [7, 11) is 0. The van der Waals surface area contributed by atoms with Gasteiger partial charge in [-0.05, 0) is 104 Å². The third kappa shape index (κ3) is 7.24. The topological polar surface area (TPSA) is 37.8 Å². The van der Waals surface area contributed by atoms with Crippen molar-refractivity contribution < 1.29 is 0 Å². The average molecular weight is 794 g/mol. The van der Waals surface area contributed by atoms with Gasteiger partial charge in [0, 0.05) is 27.9 Å². The van der Waals surface area contributed by atoms with Crippen molar-refractivity contribution in [3.63, 3.8) is 0 Å². The Balaban J connectivity index is 0.995. The Morgan fingerprint density at radius 1 is 0.435 bits per heavy atom. The summed E-state index contributed by atoms with van der Waals surface area (Å²) in [5.41, 5.74) is 18.1. The van der Waals surface area contributed by atoms with Crippen LogP contribution in [0.5, 0.6) is 0 Å². The SMILES string of the molecule is C1=CCCC(C2C=C(c3ccccc3)c3c(ccc4c(-c5ccc(-c6nc(-c7cccc(-c8ccccc8)c7)cc(-c7cccc(-c8ccccc8)c7)n6)cc5)cccc34)N2)=C1. The van der Waals surface area contributed by atoms with Crippen LogP contribution < -0.4 is 5.32 Å². The Morgan fingerprint density at radius 3 is 1.61 bits per heavy atom. The van der Waals surface area contributed by atoms with Crippen molar-refractivity contribution in [1.82, 2.24) is 9.97 Å². The highest BCUT2D eigenvalue weighted by atomic mass is 14.9. The number of hydrogen-bond acceptors (Lipinski definition) is 3. The van der Waals surface area contributed by atoms with Crippen molar-refractivity contribution in [2.75, 3.05) is 5.32 Å². The summed E-state index contributed by atoms with van der Waals surface area (Å²) in [6.45, 7) is 0. The molecule has 1 aliphatic carbocycles. The molecule has 0 saturated carbocycles. The Bertz CT molecular complexity index is 3080. The number of benzene rings is 8. The van der Waals surface area contributed by atoms with Gasteiger partial charge in [0.1, 0.15) is 0 Å². The van der Waals surface area contributed by atoms with E-state index >= 15 is 0 Å². The molecule has 0 bridgehead atoms. The molecule has 1 atom stereocenters. The molecule has 9 aromatic rings. The maximum atomic E-state index is 5.26. The summed E-state index contributed by atoms with van der Waals surface area (Å²) in [6.07, 6.45) is 11.3. The summed E-state index contributed by atoms with van der Waals surface area (Å²) in [4.78, 5) is 10.5. The molecule has 1 aromatic heterocycles. The van der Waals surface area contributed by atoms with Crippen molar-refractivity contribution >= 4 is 22.0 Å². The van der Waals surface area contributed by atoms with Gasteiger partial charge >= 0.3 is 0 Å². The lowest BCUT2D eigenvalue weighted by atomic mass is 9.84. The first-order valence-corrected chi connectivity index (χ1v) is 21.5. The minimum absolute atomic E-state index is 0.151. The fourth-order valence-electron chi connectivity index (χ4n) is 9.07. The van der Waals surface area contributed by atoms with E-state index in [1.165, 1.54) is 55.4 Å². The predicted molar refractivity (Wildman–Crippen MR) is 260 cm³/mol.